The third-order valence-corrected chi connectivity index (χ3v) is 5.87. The number of nitrogens with one attached hydrogen (secondary N) is 1. The van der Waals surface area contributed by atoms with Gasteiger partial charge in [0, 0.05) is 18.0 Å². The Morgan fingerprint density at radius 3 is 2.54 bits per heavy atom. The molecule has 0 aliphatic heterocycles. The first kappa shape index (κ1) is 19.6. The van der Waals surface area contributed by atoms with E-state index in [1.165, 1.54) is 18.3 Å². The standard InChI is InChI=1S/C18H13FN2O5S2/c1-28(25,26)13-4-2-10(3-5-13)15-8-20-18(27-15)21-17(24)11-6-12(9-22)16(23)14(19)7-11/h2-9,23H,1H3,(H,20,21,24). The molecule has 0 aliphatic carbocycles. The maximum atomic E-state index is 13.6. The molecule has 1 amide bonds. The van der Waals surface area contributed by atoms with Gasteiger partial charge in [0.25, 0.3) is 5.91 Å². The van der Waals surface area contributed by atoms with Gasteiger partial charge in [-0.2, -0.15) is 0 Å². The van der Waals surface area contributed by atoms with Crippen molar-refractivity contribution in [3.63, 3.8) is 0 Å². The summed E-state index contributed by atoms with van der Waals surface area (Å²) >= 11 is 1.13. The summed E-state index contributed by atoms with van der Waals surface area (Å²) in [5.41, 5.74) is 0.229. The number of aldehydes is 1. The average molecular weight is 420 g/mol. The minimum atomic E-state index is -3.30. The number of halogens is 1. The monoisotopic (exact) mass is 420 g/mol. The molecule has 28 heavy (non-hydrogen) atoms. The van der Waals surface area contributed by atoms with Crippen molar-refractivity contribution in [1.82, 2.24) is 4.98 Å². The van der Waals surface area contributed by atoms with Gasteiger partial charge in [-0.15, -0.1) is 0 Å². The van der Waals surface area contributed by atoms with Gasteiger partial charge in [-0.25, -0.2) is 17.8 Å². The van der Waals surface area contributed by atoms with E-state index >= 15 is 0 Å². The molecule has 10 heteroatoms. The molecule has 2 N–H and O–H groups in total. The molecule has 1 heterocycles. The Bertz CT molecular complexity index is 1170. The molecule has 0 fully saturated rings. The summed E-state index contributed by atoms with van der Waals surface area (Å²) in [4.78, 5) is 28.1. The fraction of sp³-hybridized carbons (Fsp3) is 0.0556. The Labute approximate surface area is 163 Å². The van der Waals surface area contributed by atoms with Crippen molar-refractivity contribution < 1.29 is 27.5 Å². The maximum absolute atomic E-state index is 13.6. The van der Waals surface area contributed by atoms with Gasteiger partial charge in [0.1, 0.15) is 0 Å². The number of phenolic OH excluding ortho intramolecular Hbond substituents is 1. The van der Waals surface area contributed by atoms with E-state index in [-0.39, 0.29) is 27.4 Å². The predicted octanol–water partition coefficient (Wildman–Crippen LogP) is 3.12. The molecule has 2 aromatic carbocycles. The van der Waals surface area contributed by atoms with Crippen molar-refractivity contribution in [1.29, 1.82) is 0 Å². The second kappa shape index (κ2) is 7.49. The number of sulfone groups is 1. The molecular formula is C18H13FN2O5S2. The van der Waals surface area contributed by atoms with Gasteiger partial charge in [0.05, 0.1) is 15.3 Å². The number of aromatic nitrogens is 1. The summed E-state index contributed by atoms with van der Waals surface area (Å²) in [5.74, 6) is -2.60. The number of thiazole rings is 1. The number of benzene rings is 2. The van der Waals surface area contributed by atoms with E-state index in [0.29, 0.717) is 10.4 Å². The van der Waals surface area contributed by atoms with Crippen LogP contribution in [0.15, 0.2) is 47.5 Å². The molecule has 144 valence electrons. The molecule has 1 aromatic heterocycles. The topological polar surface area (TPSA) is 113 Å². The first-order valence-electron chi connectivity index (χ1n) is 7.74. The highest BCUT2D eigenvalue weighted by atomic mass is 32.2. The molecule has 0 radical (unpaired) electrons. The highest BCUT2D eigenvalue weighted by Crippen LogP contribution is 2.30. The van der Waals surface area contributed by atoms with Crippen LogP contribution in [0.5, 0.6) is 5.75 Å². The van der Waals surface area contributed by atoms with Gasteiger partial charge >= 0.3 is 0 Å². The van der Waals surface area contributed by atoms with Crippen molar-refractivity contribution >= 4 is 38.5 Å². The maximum Gasteiger partial charge on any atom is 0.257 e. The predicted molar refractivity (Wildman–Crippen MR) is 102 cm³/mol. The van der Waals surface area contributed by atoms with Crippen LogP contribution in [-0.2, 0) is 9.84 Å². The summed E-state index contributed by atoms with van der Waals surface area (Å²) in [6.45, 7) is 0. The molecule has 0 spiro atoms. The van der Waals surface area contributed by atoms with Gasteiger partial charge in [-0.3, -0.25) is 14.9 Å². The van der Waals surface area contributed by atoms with Crippen LogP contribution in [0.25, 0.3) is 10.4 Å². The molecule has 3 rings (SSSR count). The number of anilines is 1. The minimum absolute atomic E-state index is 0.147. The summed E-state index contributed by atoms with van der Waals surface area (Å²) in [6, 6.07) is 8.09. The van der Waals surface area contributed by atoms with Crippen LogP contribution in [0, 0.1) is 5.82 Å². The van der Waals surface area contributed by atoms with Crippen LogP contribution in [0.4, 0.5) is 9.52 Å². The smallest absolute Gasteiger partial charge is 0.257 e. The second-order valence-corrected chi connectivity index (χ2v) is 8.84. The van der Waals surface area contributed by atoms with Crippen LogP contribution in [-0.4, -0.2) is 37.0 Å². The van der Waals surface area contributed by atoms with Crippen molar-refractivity contribution in [2.75, 3.05) is 11.6 Å². The number of phenols is 1. The van der Waals surface area contributed by atoms with Crippen LogP contribution >= 0.6 is 11.3 Å². The zero-order valence-corrected chi connectivity index (χ0v) is 16.0. The highest BCUT2D eigenvalue weighted by molar-refractivity contribution is 7.90. The third-order valence-electron chi connectivity index (χ3n) is 3.78. The number of hydrogen-bond acceptors (Lipinski definition) is 7. The lowest BCUT2D eigenvalue weighted by atomic mass is 10.1. The van der Waals surface area contributed by atoms with Gasteiger partial charge in [-0.1, -0.05) is 23.5 Å². The summed E-state index contributed by atoms with van der Waals surface area (Å²) < 4.78 is 36.6. The molecule has 3 aromatic rings. The van der Waals surface area contributed by atoms with E-state index in [2.05, 4.69) is 10.3 Å². The largest absolute Gasteiger partial charge is 0.504 e. The Balaban J connectivity index is 1.80. The fourth-order valence-corrected chi connectivity index (χ4v) is 3.79. The van der Waals surface area contributed by atoms with Crippen molar-refractivity contribution in [3.8, 4) is 16.2 Å². The summed E-state index contributed by atoms with van der Waals surface area (Å²) in [5, 5.41) is 12.1. The quantitative estimate of drug-likeness (QED) is 0.613. The number of carbonyl (C=O) groups excluding carboxylic acids is 2. The number of aromatic hydroxyl groups is 1. The lowest BCUT2D eigenvalue weighted by Crippen LogP contribution is -2.12. The lowest BCUT2D eigenvalue weighted by molar-refractivity contribution is 0.102. The normalized spacial score (nSPS) is 11.2. The number of amides is 1. The van der Waals surface area contributed by atoms with Gasteiger partial charge in [0.2, 0.25) is 0 Å². The van der Waals surface area contributed by atoms with Gasteiger partial charge < -0.3 is 5.11 Å². The van der Waals surface area contributed by atoms with Crippen LogP contribution in [0.1, 0.15) is 20.7 Å². The zero-order chi connectivity index (χ0) is 20.5. The molecule has 0 unspecified atom stereocenters. The Hall–Kier alpha value is -3.11. The molecule has 0 saturated carbocycles. The highest BCUT2D eigenvalue weighted by Gasteiger charge is 2.16. The zero-order valence-electron chi connectivity index (χ0n) is 14.3. The summed E-state index contributed by atoms with van der Waals surface area (Å²) in [7, 11) is -3.30. The molecule has 0 aliphatic rings. The first-order valence-corrected chi connectivity index (χ1v) is 10.4. The number of nitrogens with zero attached hydrogens (tertiary/aromatic N) is 1. The van der Waals surface area contributed by atoms with Crippen LogP contribution in [0.3, 0.4) is 0 Å². The molecule has 7 nitrogen and oxygen atoms in total. The van der Waals surface area contributed by atoms with E-state index in [1.54, 1.807) is 12.1 Å². The Morgan fingerprint density at radius 2 is 1.93 bits per heavy atom. The van der Waals surface area contributed by atoms with Gasteiger partial charge in [-0.05, 0) is 29.8 Å². The third kappa shape index (κ3) is 4.07. The fourth-order valence-electron chi connectivity index (χ4n) is 2.34. The second-order valence-electron chi connectivity index (χ2n) is 5.79. The molecule has 0 bridgehead atoms. The summed E-state index contributed by atoms with van der Waals surface area (Å²) in [6.07, 6.45) is 2.87. The van der Waals surface area contributed by atoms with Crippen LogP contribution in [0.2, 0.25) is 0 Å². The van der Waals surface area contributed by atoms with Crippen molar-refractivity contribution in [2.45, 2.75) is 4.90 Å². The lowest BCUT2D eigenvalue weighted by Gasteiger charge is -2.05. The average Bonchev–Trinajstić information content (AvgIpc) is 3.11. The Morgan fingerprint density at radius 1 is 1.25 bits per heavy atom. The number of carbonyl (C=O) groups is 2. The molecule has 0 atom stereocenters. The van der Waals surface area contributed by atoms with E-state index in [9.17, 15) is 27.5 Å². The van der Waals surface area contributed by atoms with Crippen molar-refractivity contribution in [2.24, 2.45) is 0 Å². The minimum Gasteiger partial charge on any atom is -0.504 e. The molecule has 0 saturated heterocycles. The van der Waals surface area contributed by atoms with Crippen LogP contribution < -0.4 is 5.32 Å². The number of hydrogen-bond donors (Lipinski definition) is 2. The van der Waals surface area contributed by atoms with E-state index in [1.807, 2.05) is 0 Å². The van der Waals surface area contributed by atoms with Gasteiger partial charge in [0.15, 0.2) is 32.8 Å². The van der Waals surface area contributed by atoms with Crippen molar-refractivity contribution in [3.05, 3.63) is 59.5 Å². The first-order chi connectivity index (χ1) is 13.2. The van der Waals surface area contributed by atoms with E-state index in [4.69, 9.17) is 0 Å². The SMILES string of the molecule is CS(=O)(=O)c1ccc(-c2cnc(NC(=O)c3cc(F)c(O)c(C=O)c3)s2)cc1. The van der Waals surface area contributed by atoms with E-state index in [0.717, 1.165) is 29.7 Å². The van der Waals surface area contributed by atoms with E-state index < -0.39 is 27.3 Å². The number of rotatable bonds is 5. The Kier molecular flexibility index (Phi) is 5.25. The molecular weight excluding hydrogens is 407 g/mol.